The summed E-state index contributed by atoms with van der Waals surface area (Å²) in [6, 6.07) is 16.8. The quantitative estimate of drug-likeness (QED) is 0.0973. The first-order valence-electron chi connectivity index (χ1n) is 9.13. The zero-order chi connectivity index (χ0) is 23.3. The average molecular weight is 581 g/mol. The van der Waals surface area contributed by atoms with Crippen molar-refractivity contribution in [2.45, 2.75) is 6.61 Å². The molecule has 0 aliphatic heterocycles. The second kappa shape index (κ2) is 10.7. The number of nitriles is 1. The molecule has 162 valence electrons. The summed E-state index contributed by atoms with van der Waals surface area (Å²) >= 11 is 14.3. The van der Waals surface area contributed by atoms with E-state index in [-0.39, 0.29) is 17.9 Å². The van der Waals surface area contributed by atoms with Gasteiger partial charge in [0.1, 0.15) is 6.61 Å². The van der Waals surface area contributed by atoms with Crippen LogP contribution in [0.1, 0.15) is 16.7 Å². The number of nitrogens with zero attached hydrogens (tertiary/aromatic N) is 2. The molecule has 0 aromatic heterocycles. The molecule has 0 atom stereocenters. The largest absolute Gasteiger partial charge is 0.493 e. The fourth-order valence-electron chi connectivity index (χ4n) is 2.89. The maximum absolute atomic E-state index is 11.0. The molecule has 0 bridgehead atoms. The molecule has 3 aromatic rings. The SMILES string of the molecule is COc1cc(/C=C(/C#N)c2cccc([N+](=O)[O-])c2)cc(I)c1OCc1ccc(Cl)cc1Cl. The van der Waals surface area contributed by atoms with Gasteiger partial charge in [-0.15, -0.1) is 0 Å². The van der Waals surface area contributed by atoms with Crippen LogP contribution >= 0.6 is 45.8 Å². The first kappa shape index (κ1) is 23.9. The maximum atomic E-state index is 11.0. The molecule has 0 fully saturated rings. The number of hydrogen-bond donors (Lipinski definition) is 0. The summed E-state index contributed by atoms with van der Waals surface area (Å²) < 4.78 is 12.2. The Hall–Kier alpha value is -2.80. The van der Waals surface area contributed by atoms with Crippen LogP contribution in [0.4, 0.5) is 5.69 Å². The topological polar surface area (TPSA) is 85.4 Å². The third kappa shape index (κ3) is 5.71. The second-order valence-corrected chi connectivity index (χ2v) is 8.54. The van der Waals surface area contributed by atoms with Gasteiger partial charge in [-0.25, -0.2) is 0 Å². The van der Waals surface area contributed by atoms with E-state index in [1.54, 1.807) is 42.5 Å². The van der Waals surface area contributed by atoms with E-state index < -0.39 is 4.92 Å². The third-order valence-corrected chi connectivity index (χ3v) is 5.83. The van der Waals surface area contributed by atoms with Crippen molar-refractivity contribution in [3.8, 4) is 17.6 Å². The lowest BCUT2D eigenvalue weighted by Crippen LogP contribution is -2.01. The fraction of sp³-hybridized carbons (Fsp3) is 0.0870. The molecule has 0 aliphatic carbocycles. The predicted octanol–water partition coefficient (Wildman–Crippen LogP) is 7.16. The molecule has 6 nitrogen and oxygen atoms in total. The number of methoxy groups -OCH3 is 1. The van der Waals surface area contributed by atoms with E-state index in [1.165, 1.54) is 19.2 Å². The van der Waals surface area contributed by atoms with Gasteiger partial charge < -0.3 is 9.47 Å². The Labute approximate surface area is 208 Å². The minimum atomic E-state index is -0.496. The minimum absolute atomic E-state index is 0.0829. The summed E-state index contributed by atoms with van der Waals surface area (Å²) in [4.78, 5) is 10.6. The predicted molar refractivity (Wildman–Crippen MR) is 133 cm³/mol. The molecule has 9 heteroatoms. The van der Waals surface area contributed by atoms with Crippen LogP contribution in [0.15, 0.2) is 54.6 Å². The van der Waals surface area contributed by atoms with E-state index in [9.17, 15) is 15.4 Å². The van der Waals surface area contributed by atoms with E-state index in [4.69, 9.17) is 32.7 Å². The first-order valence-corrected chi connectivity index (χ1v) is 11.0. The summed E-state index contributed by atoms with van der Waals surface area (Å²) in [6.45, 7) is 0.217. The van der Waals surface area contributed by atoms with Gasteiger partial charge in [0.2, 0.25) is 0 Å². The molecule has 32 heavy (non-hydrogen) atoms. The van der Waals surface area contributed by atoms with E-state index in [0.29, 0.717) is 32.7 Å². The highest BCUT2D eigenvalue weighted by Crippen LogP contribution is 2.36. The monoisotopic (exact) mass is 580 g/mol. The maximum Gasteiger partial charge on any atom is 0.270 e. The smallest absolute Gasteiger partial charge is 0.270 e. The summed E-state index contributed by atoms with van der Waals surface area (Å²) in [6.07, 6.45) is 1.64. The molecule has 0 N–H and O–H groups in total. The van der Waals surface area contributed by atoms with Crippen molar-refractivity contribution >= 4 is 63.1 Å². The van der Waals surface area contributed by atoms with Crippen LogP contribution in [0.5, 0.6) is 11.5 Å². The van der Waals surface area contributed by atoms with Crippen LogP contribution < -0.4 is 9.47 Å². The van der Waals surface area contributed by atoms with E-state index >= 15 is 0 Å². The molecule has 0 spiro atoms. The van der Waals surface area contributed by atoms with Gasteiger partial charge in [-0.3, -0.25) is 10.1 Å². The van der Waals surface area contributed by atoms with Gasteiger partial charge in [-0.1, -0.05) is 41.4 Å². The number of allylic oxidation sites excluding steroid dienone is 1. The van der Waals surface area contributed by atoms with Crippen LogP contribution in [-0.2, 0) is 6.61 Å². The second-order valence-electron chi connectivity index (χ2n) is 6.54. The van der Waals surface area contributed by atoms with Crippen molar-refractivity contribution in [1.82, 2.24) is 0 Å². The number of benzene rings is 3. The van der Waals surface area contributed by atoms with Crippen LogP contribution in [0.2, 0.25) is 10.0 Å². The Balaban J connectivity index is 1.92. The molecule has 0 aliphatic rings. The normalized spacial score (nSPS) is 11.0. The molecule has 0 amide bonds. The Morgan fingerprint density at radius 1 is 1.22 bits per heavy atom. The van der Waals surface area contributed by atoms with Crippen LogP contribution in [0.25, 0.3) is 11.6 Å². The molecule has 0 heterocycles. The number of hydrogen-bond acceptors (Lipinski definition) is 5. The van der Waals surface area contributed by atoms with Crippen molar-refractivity contribution in [3.63, 3.8) is 0 Å². The number of ether oxygens (including phenoxy) is 2. The zero-order valence-corrected chi connectivity index (χ0v) is 20.3. The third-order valence-electron chi connectivity index (χ3n) is 4.44. The molecule has 0 radical (unpaired) electrons. The zero-order valence-electron chi connectivity index (χ0n) is 16.6. The van der Waals surface area contributed by atoms with Gasteiger partial charge in [0.15, 0.2) is 11.5 Å². The van der Waals surface area contributed by atoms with Crippen molar-refractivity contribution in [3.05, 3.63) is 95.0 Å². The van der Waals surface area contributed by atoms with Gasteiger partial charge in [0, 0.05) is 27.7 Å². The van der Waals surface area contributed by atoms with Gasteiger partial charge in [-0.2, -0.15) is 5.26 Å². The van der Waals surface area contributed by atoms with E-state index in [1.807, 2.05) is 6.07 Å². The molecule has 0 saturated carbocycles. The molecule has 0 saturated heterocycles. The number of rotatable bonds is 7. The minimum Gasteiger partial charge on any atom is -0.493 e. The summed E-state index contributed by atoms with van der Waals surface area (Å²) in [7, 11) is 1.52. The van der Waals surface area contributed by atoms with Crippen LogP contribution in [0.3, 0.4) is 0 Å². The number of nitro benzene ring substituents is 1. The highest BCUT2D eigenvalue weighted by molar-refractivity contribution is 14.1. The number of halogens is 3. The van der Waals surface area contributed by atoms with E-state index in [0.717, 1.165) is 9.13 Å². The van der Waals surface area contributed by atoms with Gasteiger partial charge >= 0.3 is 0 Å². The first-order chi connectivity index (χ1) is 15.3. The van der Waals surface area contributed by atoms with Crippen LogP contribution in [-0.4, -0.2) is 12.0 Å². The highest BCUT2D eigenvalue weighted by Gasteiger charge is 2.14. The Bertz CT molecular complexity index is 1260. The summed E-state index contributed by atoms with van der Waals surface area (Å²) in [5, 5.41) is 21.7. The summed E-state index contributed by atoms with van der Waals surface area (Å²) in [5.41, 5.74) is 2.11. The molecular formula is C23H15Cl2IN2O4. The molecule has 3 aromatic carbocycles. The van der Waals surface area contributed by atoms with Crippen molar-refractivity contribution < 1.29 is 14.4 Å². The van der Waals surface area contributed by atoms with Crippen LogP contribution in [0, 0.1) is 25.0 Å². The molecule has 0 unspecified atom stereocenters. The van der Waals surface area contributed by atoms with E-state index in [2.05, 4.69) is 28.7 Å². The fourth-order valence-corrected chi connectivity index (χ4v) is 4.13. The Morgan fingerprint density at radius 2 is 2.00 bits per heavy atom. The molecular weight excluding hydrogens is 566 g/mol. The average Bonchev–Trinajstić information content (AvgIpc) is 2.77. The number of nitro groups is 1. The lowest BCUT2D eigenvalue weighted by atomic mass is 10.0. The Morgan fingerprint density at radius 3 is 2.66 bits per heavy atom. The lowest BCUT2D eigenvalue weighted by molar-refractivity contribution is -0.384. The van der Waals surface area contributed by atoms with Gasteiger partial charge in [0.05, 0.1) is 27.2 Å². The Kier molecular flexibility index (Phi) is 7.96. The van der Waals surface area contributed by atoms with Crippen molar-refractivity contribution in [2.24, 2.45) is 0 Å². The number of non-ortho nitro benzene ring substituents is 1. The summed E-state index contributed by atoms with van der Waals surface area (Å²) in [5.74, 6) is 1.01. The van der Waals surface area contributed by atoms with Gasteiger partial charge in [-0.05, 0) is 64.1 Å². The molecule has 3 rings (SSSR count). The van der Waals surface area contributed by atoms with Gasteiger partial charge in [0.25, 0.3) is 5.69 Å². The highest BCUT2D eigenvalue weighted by atomic mass is 127. The standard InChI is InChI=1S/C23H15Cl2IN2O4/c1-31-22-9-14(7-17(12-27)15-3-2-4-19(10-15)28(29)30)8-21(26)23(22)32-13-16-5-6-18(24)11-20(16)25/h2-11H,13H2,1H3/b17-7-. The lowest BCUT2D eigenvalue weighted by Gasteiger charge is -2.14. The van der Waals surface area contributed by atoms with Crippen molar-refractivity contribution in [1.29, 1.82) is 5.26 Å². The van der Waals surface area contributed by atoms with Crippen molar-refractivity contribution in [2.75, 3.05) is 7.11 Å².